The predicted molar refractivity (Wildman–Crippen MR) is 239 cm³/mol. The van der Waals surface area contributed by atoms with Gasteiger partial charge in [0.15, 0.2) is 34.4 Å². The number of hydrogen-bond donors (Lipinski definition) is 3. The van der Waals surface area contributed by atoms with Crippen molar-refractivity contribution in [1.82, 2.24) is 20.6 Å². The van der Waals surface area contributed by atoms with Crippen molar-refractivity contribution in [2.24, 2.45) is 23.7 Å². The standard InChI is InChI=1S/C25H37FN2O8.C22H33FN2O6/c1-15(2)13-33-22-16(3)36-25(31)19(8-6-7-18(22)9-11-26)28-24(30)21-23(35-14-34-17(4)29)20(32-5)10-12-27-21;1-13(2)12-30-20-14(3)31-22(28)16(7-5-6-15(20)8-10-23)25-21(27)18-19(26)17(29-4)9-11-24-18/h10,12,15-16,18-19,22H,6-9,11,13-14H2,1-5H3,(H,28,30);9,11,13-16,20,26H,5-8,10,12H2,1-4H3,(H,25,27)/t16-,18+,19-,22-;14-,15+,16-,20-/m00/s1. The van der Waals surface area contributed by atoms with E-state index in [1.807, 2.05) is 27.7 Å². The first-order chi connectivity index (χ1) is 31.9. The molecule has 67 heavy (non-hydrogen) atoms. The highest BCUT2D eigenvalue weighted by atomic mass is 19.1. The molecule has 0 unspecified atom stereocenters. The van der Waals surface area contributed by atoms with E-state index in [4.69, 9.17) is 37.9 Å². The minimum atomic E-state index is -0.954. The number of ether oxygens (including phenoxy) is 8. The van der Waals surface area contributed by atoms with Gasteiger partial charge in [0, 0.05) is 44.7 Å². The lowest BCUT2D eigenvalue weighted by Gasteiger charge is -2.31. The van der Waals surface area contributed by atoms with E-state index in [0.29, 0.717) is 64.6 Å². The van der Waals surface area contributed by atoms with Crippen LogP contribution in [-0.2, 0) is 38.1 Å². The number of rotatable bonds is 19. The molecule has 2 aliphatic rings. The Labute approximate surface area is 391 Å². The number of carbonyl (C=O) groups excluding carboxylic acids is 5. The number of carbonyl (C=O) groups is 5. The molecule has 4 heterocycles. The van der Waals surface area contributed by atoms with Crippen molar-refractivity contribution in [3.8, 4) is 23.0 Å². The second-order valence-corrected chi connectivity index (χ2v) is 17.4. The highest BCUT2D eigenvalue weighted by Gasteiger charge is 2.37. The molecule has 376 valence electrons. The first kappa shape index (κ1) is 56.0. The maximum atomic E-state index is 13.3. The summed E-state index contributed by atoms with van der Waals surface area (Å²) in [5, 5.41) is 15.4. The Morgan fingerprint density at radius 2 is 1.19 bits per heavy atom. The Morgan fingerprint density at radius 1 is 0.746 bits per heavy atom. The lowest BCUT2D eigenvalue weighted by Crippen LogP contribution is -2.44. The van der Waals surface area contributed by atoms with Gasteiger partial charge in [0.05, 0.1) is 39.8 Å². The summed E-state index contributed by atoms with van der Waals surface area (Å²) < 4.78 is 70.2. The summed E-state index contributed by atoms with van der Waals surface area (Å²) in [5.41, 5.74) is -0.385. The van der Waals surface area contributed by atoms with Gasteiger partial charge in [0.2, 0.25) is 6.79 Å². The molecular weight excluding hydrogens is 883 g/mol. The summed E-state index contributed by atoms with van der Waals surface area (Å²) in [6, 6.07) is 1.03. The van der Waals surface area contributed by atoms with Crippen LogP contribution in [0.3, 0.4) is 0 Å². The van der Waals surface area contributed by atoms with Gasteiger partial charge in [-0.05, 0) is 76.0 Å². The average molecular weight is 953 g/mol. The largest absolute Gasteiger partial charge is 0.503 e. The maximum Gasteiger partial charge on any atom is 0.329 e. The van der Waals surface area contributed by atoms with E-state index in [2.05, 4.69) is 20.6 Å². The van der Waals surface area contributed by atoms with Gasteiger partial charge >= 0.3 is 17.9 Å². The molecule has 0 bridgehead atoms. The number of cyclic esters (lactones) is 2. The summed E-state index contributed by atoms with van der Waals surface area (Å²) in [7, 11) is 2.75. The molecule has 20 heteroatoms. The van der Waals surface area contributed by atoms with Crippen LogP contribution in [0.1, 0.15) is 121 Å². The fourth-order valence-electron chi connectivity index (χ4n) is 7.76. The molecule has 0 saturated carbocycles. The first-order valence-electron chi connectivity index (χ1n) is 22.8. The zero-order valence-corrected chi connectivity index (χ0v) is 40.2. The Balaban J connectivity index is 0.000000359. The summed E-state index contributed by atoms with van der Waals surface area (Å²) >= 11 is 0. The minimum Gasteiger partial charge on any atom is -0.503 e. The number of nitrogens with one attached hydrogen (secondary N) is 2. The second kappa shape index (κ2) is 28.7. The SMILES string of the molecule is COc1ccnc(C(=O)N[C@H]2CCC[C@H](CCF)[C@@H](OCC(C)C)[C@H](C)OC2=O)c1O.COc1ccnc(C(=O)N[C@H]2CCC[C@H](CCF)[C@@H](OCC(C)C)[C@H](C)OC2=O)c1OCOC(C)=O. The maximum absolute atomic E-state index is 13.3. The van der Waals surface area contributed by atoms with Crippen LogP contribution in [0.2, 0.25) is 0 Å². The van der Waals surface area contributed by atoms with Crippen molar-refractivity contribution in [1.29, 1.82) is 0 Å². The van der Waals surface area contributed by atoms with Gasteiger partial charge in [-0.2, -0.15) is 0 Å². The van der Waals surface area contributed by atoms with Crippen LogP contribution in [0.4, 0.5) is 8.78 Å². The minimum absolute atomic E-state index is 0.0336. The van der Waals surface area contributed by atoms with Crippen LogP contribution in [0, 0.1) is 23.7 Å². The Hall–Kier alpha value is -5.37. The molecule has 3 N–H and O–H groups in total. The zero-order chi connectivity index (χ0) is 49.6. The third-order valence-corrected chi connectivity index (χ3v) is 11.1. The van der Waals surface area contributed by atoms with E-state index in [9.17, 15) is 37.9 Å². The molecule has 0 spiro atoms. The van der Waals surface area contributed by atoms with Crippen molar-refractivity contribution >= 4 is 29.7 Å². The fourth-order valence-corrected chi connectivity index (χ4v) is 7.76. The predicted octanol–water partition coefficient (Wildman–Crippen LogP) is 6.25. The second-order valence-electron chi connectivity index (χ2n) is 17.4. The van der Waals surface area contributed by atoms with Gasteiger partial charge in [0.25, 0.3) is 11.8 Å². The zero-order valence-electron chi connectivity index (χ0n) is 40.2. The average Bonchev–Trinajstić information content (AvgIpc) is 3.36. The van der Waals surface area contributed by atoms with Gasteiger partial charge in [-0.3, -0.25) is 23.2 Å². The summed E-state index contributed by atoms with van der Waals surface area (Å²) in [6.07, 6.45) is 4.25. The number of alkyl halides is 2. The van der Waals surface area contributed by atoms with Crippen LogP contribution in [0.25, 0.3) is 0 Å². The number of aromatic hydroxyl groups is 1. The molecule has 18 nitrogen and oxygen atoms in total. The van der Waals surface area contributed by atoms with Crippen molar-refractivity contribution in [3.05, 3.63) is 35.9 Å². The number of nitrogens with zero attached hydrogens (tertiary/aromatic N) is 2. The van der Waals surface area contributed by atoms with Crippen LogP contribution in [0.15, 0.2) is 24.5 Å². The van der Waals surface area contributed by atoms with Crippen molar-refractivity contribution in [2.75, 3.05) is 47.6 Å². The van der Waals surface area contributed by atoms with E-state index in [0.717, 1.165) is 0 Å². The van der Waals surface area contributed by atoms with Gasteiger partial charge in [0.1, 0.15) is 24.3 Å². The van der Waals surface area contributed by atoms with E-state index >= 15 is 0 Å². The molecule has 2 saturated heterocycles. The normalized spacial score (nSPS) is 23.5. The fraction of sp³-hybridized carbons (Fsp3) is 0.681. The van der Waals surface area contributed by atoms with Gasteiger partial charge in [-0.15, -0.1) is 0 Å². The number of pyridine rings is 2. The Morgan fingerprint density at radius 3 is 1.63 bits per heavy atom. The van der Waals surface area contributed by atoms with Crippen molar-refractivity contribution < 1.29 is 75.8 Å². The van der Waals surface area contributed by atoms with Gasteiger partial charge in [-0.25, -0.2) is 19.6 Å². The molecule has 2 amide bonds. The summed E-state index contributed by atoms with van der Waals surface area (Å²) in [5.74, 6) is -2.95. The molecule has 8 atom stereocenters. The third kappa shape index (κ3) is 17.7. The molecule has 4 rings (SSSR count). The Bertz CT molecular complexity index is 1890. The van der Waals surface area contributed by atoms with Crippen LogP contribution < -0.4 is 24.8 Å². The lowest BCUT2D eigenvalue weighted by molar-refractivity contribution is -0.162. The smallest absolute Gasteiger partial charge is 0.329 e. The van der Waals surface area contributed by atoms with Crippen molar-refractivity contribution in [2.45, 2.75) is 136 Å². The number of aromatic nitrogens is 2. The molecule has 2 fully saturated rings. The number of hydrogen-bond acceptors (Lipinski definition) is 16. The Kier molecular flexibility index (Phi) is 24.0. The topological polar surface area (TPSA) is 229 Å². The van der Waals surface area contributed by atoms with Gasteiger partial charge in [-0.1, -0.05) is 40.5 Å². The molecule has 0 radical (unpaired) electrons. The van der Waals surface area contributed by atoms with Gasteiger partial charge < -0.3 is 53.6 Å². The summed E-state index contributed by atoms with van der Waals surface area (Å²) in [6.45, 7) is 12.3. The molecule has 2 aromatic heterocycles. The highest BCUT2D eigenvalue weighted by molar-refractivity contribution is 5.98. The number of halogens is 2. The van der Waals surface area contributed by atoms with E-state index < -0.39 is 92.1 Å². The lowest BCUT2D eigenvalue weighted by atomic mass is 9.90. The molecule has 0 aliphatic carbocycles. The molecule has 2 aromatic rings. The van der Waals surface area contributed by atoms with E-state index in [-0.39, 0.29) is 52.3 Å². The van der Waals surface area contributed by atoms with Crippen LogP contribution >= 0.6 is 0 Å². The third-order valence-electron chi connectivity index (χ3n) is 11.1. The van der Waals surface area contributed by atoms with E-state index in [1.54, 1.807) is 13.8 Å². The molecule has 0 aromatic carbocycles. The quantitative estimate of drug-likeness (QED) is 0.0803. The van der Waals surface area contributed by atoms with E-state index in [1.165, 1.54) is 45.7 Å². The van der Waals surface area contributed by atoms with Crippen LogP contribution in [-0.4, -0.2) is 129 Å². The van der Waals surface area contributed by atoms with Crippen molar-refractivity contribution in [3.63, 3.8) is 0 Å². The highest BCUT2D eigenvalue weighted by Crippen LogP contribution is 2.32. The van der Waals surface area contributed by atoms with Crippen LogP contribution in [0.5, 0.6) is 23.0 Å². The first-order valence-corrected chi connectivity index (χ1v) is 22.8. The molecular formula is C47H70F2N4O14. The number of amides is 2. The molecule has 2 aliphatic heterocycles. The number of methoxy groups -OCH3 is 2. The summed E-state index contributed by atoms with van der Waals surface area (Å²) in [4.78, 5) is 70.6. The number of esters is 3. The monoisotopic (exact) mass is 952 g/mol.